The van der Waals surface area contributed by atoms with Crippen LogP contribution in [0.3, 0.4) is 0 Å². The number of nitrogens with zero attached hydrogens (tertiary/aromatic N) is 3. The summed E-state index contributed by atoms with van der Waals surface area (Å²) >= 11 is 0. The van der Waals surface area contributed by atoms with Gasteiger partial charge in [0.25, 0.3) is 5.56 Å². The lowest BCUT2D eigenvalue weighted by Crippen LogP contribution is -2.40. The lowest BCUT2D eigenvalue weighted by molar-refractivity contribution is 0.139. The summed E-state index contributed by atoms with van der Waals surface area (Å²) in [6, 6.07) is 9.65. The fourth-order valence-electron chi connectivity index (χ4n) is 3.45. The van der Waals surface area contributed by atoms with Gasteiger partial charge in [0.2, 0.25) is 0 Å². The van der Waals surface area contributed by atoms with Gasteiger partial charge in [0.15, 0.2) is 0 Å². The molecule has 1 aliphatic heterocycles. The van der Waals surface area contributed by atoms with E-state index >= 15 is 0 Å². The van der Waals surface area contributed by atoms with Crippen molar-refractivity contribution in [1.29, 1.82) is 0 Å². The third-order valence-electron chi connectivity index (χ3n) is 4.74. The first-order valence-electron chi connectivity index (χ1n) is 8.26. The van der Waals surface area contributed by atoms with E-state index in [2.05, 4.69) is 4.98 Å². The number of amides is 1. The van der Waals surface area contributed by atoms with Crippen molar-refractivity contribution in [2.24, 2.45) is 0 Å². The molecule has 0 bridgehead atoms. The van der Waals surface area contributed by atoms with E-state index in [1.165, 1.54) is 21.6 Å². The summed E-state index contributed by atoms with van der Waals surface area (Å²) in [5, 5.41) is 10.1. The molecule has 0 fully saturated rings. The van der Waals surface area contributed by atoms with Gasteiger partial charge in [0.1, 0.15) is 11.5 Å². The van der Waals surface area contributed by atoms with Gasteiger partial charge in [-0.15, -0.1) is 0 Å². The Hall–Kier alpha value is -3.22. The Balaban J connectivity index is 1.89. The van der Waals surface area contributed by atoms with Gasteiger partial charge in [-0.05, 0) is 41.8 Å². The fourth-order valence-corrected chi connectivity index (χ4v) is 3.45. The van der Waals surface area contributed by atoms with Gasteiger partial charge in [-0.2, -0.15) is 0 Å². The van der Waals surface area contributed by atoms with Crippen LogP contribution in [0.25, 0.3) is 11.0 Å². The number of hydrogen-bond donors (Lipinski definition) is 1. The largest absolute Gasteiger partial charge is 0.465 e. The Morgan fingerprint density at radius 2 is 1.96 bits per heavy atom. The number of pyridine rings is 2. The van der Waals surface area contributed by atoms with Crippen molar-refractivity contribution in [1.82, 2.24) is 14.5 Å². The highest BCUT2D eigenvalue weighted by Gasteiger charge is 2.26. The van der Waals surface area contributed by atoms with Gasteiger partial charge in [-0.1, -0.05) is 12.1 Å². The van der Waals surface area contributed by atoms with E-state index in [4.69, 9.17) is 0 Å². The Morgan fingerprint density at radius 1 is 1.19 bits per heavy atom. The second kappa shape index (κ2) is 6.25. The highest BCUT2D eigenvalue weighted by atomic mass is 19.1. The summed E-state index contributed by atoms with van der Waals surface area (Å²) in [6.07, 6.45) is 1.07. The van der Waals surface area contributed by atoms with Crippen molar-refractivity contribution in [2.75, 3.05) is 6.54 Å². The molecular weight excluding hydrogens is 337 g/mol. The smallest absolute Gasteiger partial charge is 0.407 e. The molecule has 4 rings (SSSR count). The molecule has 0 spiro atoms. The van der Waals surface area contributed by atoms with Gasteiger partial charge in [-0.25, -0.2) is 14.2 Å². The summed E-state index contributed by atoms with van der Waals surface area (Å²) in [5.74, 6) is -0.341. The lowest BCUT2D eigenvalue weighted by atomic mass is 9.97. The first-order valence-corrected chi connectivity index (χ1v) is 8.26. The molecule has 0 saturated carbocycles. The monoisotopic (exact) mass is 353 g/mol. The zero-order valence-electron chi connectivity index (χ0n) is 13.9. The molecule has 1 aromatic carbocycles. The van der Waals surface area contributed by atoms with Gasteiger partial charge in [0, 0.05) is 23.7 Å². The van der Waals surface area contributed by atoms with Gasteiger partial charge < -0.3 is 10.0 Å². The van der Waals surface area contributed by atoms with E-state index in [9.17, 15) is 19.1 Å². The van der Waals surface area contributed by atoms with Crippen LogP contribution in [0.1, 0.15) is 16.7 Å². The number of carbonyl (C=O) groups is 1. The Labute approximate surface area is 148 Å². The van der Waals surface area contributed by atoms with Crippen LogP contribution in [-0.2, 0) is 19.5 Å². The third kappa shape index (κ3) is 2.71. The van der Waals surface area contributed by atoms with E-state index in [1.54, 1.807) is 24.4 Å². The maximum absolute atomic E-state index is 13.2. The summed E-state index contributed by atoms with van der Waals surface area (Å²) in [5.41, 5.74) is 2.43. The number of fused-ring (bicyclic) bond motifs is 3. The van der Waals surface area contributed by atoms with Gasteiger partial charge in [-0.3, -0.25) is 9.36 Å². The highest BCUT2D eigenvalue weighted by molar-refractivity contribution is 5.81. The van der Waals surface area contributed by atoms with Crippen LogP contribution in [0.5, 0.6) is 0 Å². The lowest BCUT2D eigenvalue weighted by Gasteiger charge is -2.27. The predicted molar refractivity (Wildman–Crippen MR) is 93.6 cm³/mol. The summed E-state index contributed by atoms with van der Waals surface area (Å²) in [7, 11) is 0. The first kappa shape index (κ1) is 16.3. The van der Waals surface area contributed by atoms with Crippen LogP contribution < -0.4 is 5.56 Å². The van der Waals surface area contributed by atoms with E-state index in [0.29, 0.717) is 24.2 Å². The summed E-state index contributed by atoms with van der Waals surface area (Å²) in [4.78, 5) is 30.0. The van der Waals surface area contributed by atoms with E-state index < -0.39 is 6.09 Å². The average Bonchev–Trinajstić information content (AvgIpc) is 2.66. The van der Waals surface area contributed by atoms with E-state index in [-0.39, 0.29) is 24.5 Å². The molecule has 7 heteroatoms. The number of rotatable bonds is 2. The molecule has 3 heterocycles. The van der Waals surface area contributed by atoms with Crippen LogP contribution in [0.15, 0.2) is 47.4 Å². The van der Waals surface area contributed by atoms with Crippen LogP contribution in [0.4, 0.5) is 9.18 Å². The van der Waals surface area contributed by atoms with Crippen LogP contribution in [0.2, 0.25) is 0 Å². The number of carboxylic acid groups (broad SMARTS) is 1. The maximum Gasteiger partial charge on any atom is 0.407 e. The summed E-state index contributed by atoms with van der Waals surface area (Å²) < 4.78 is 14.7. The molecule has 0 unspecified atom stereocenters. The fraction of sp³-hybridized carbons (Fsp3) is 0.211. The van der Waals surface area contributed by atoms with Crippen molar-refractivity contribution in [2.45, 2.75) is 19.5 Å². The molecule has 26 heavy (non-hydrogen) atoms. The third-order valence-corrected chi connectivity index (χ3v) is 4.74. The second-order valence-electron chi connectivity index (χ2n) is 6.30. The molecule has 0 saturated heterocycles. The van der Waals surface area contributed by atoms with Crippen LogP contribution in [0, 0.1) is 5.82 Å². The maximum atomic E-state index is 13.2. The quantitative estimate of drug-likeness (QED) is 0.768. The molecular formula is C19H16FN3O3. The van der Waals surface area contributed by atoms with Crippen molar-refractivity contribution in [3.63, 3.8) is 0 Å². The molecule has 0 radical (unpaired) electrons. The van der Waals surface area contributed by atoms with Crippen molar-refractivity contribution < 1.29 is 14.3 Å². The molecule has 6 nitrogen and oxygen atoms in total. The molecule has 1 N–H and O–H groups in total. The molecule has 0 atom stereocenters. The Morgan fingerprint density at radius 3 is 2.69 bits per heavy atom. The summed E-state index contributed by atoms with van der Waals surface area (Å²) in [6.45, 7) is 0.665. The molecule has 1 amide bonds. The predicted octanol–water partition coefficient (Wildman–Crippen LogP) is 2.62. The Kier molecular flexibility index (Phi) is 3.91. The molecule has 2 aromatic heterocycles. The normalized spacial score (nSPS) is 13.7. The van der Waals surface area contributed by atoms with Crippen molar-refractivity contribution in [3.05, 3.63) is 75.5 Å². The minimum Gasteiger partial charge on any atom is -0.465 e. The number of aromatic nitrogens is 2. The van der Waals surface area contributed by atoms with E-state index in [1.807, 2.05) is 6.07 Å². The zero-order chi connectivity index (χ0) is 18.3. The molecule has 1 aliphatic rings. The molecule has 132 valence electrons. The molecule has 0 aliphatic carbocycles. The number of benzene rings is 1. The Bertz CT molecular complexity index is 1060. The first-order chi connectivity index (χ1) is 12.5. The minimum absolute atomic E-state index is 0.0672. The van der Waals surface area contributed by atoms with Crippen molar-refractivity contribution in [3.8, 4) is 0 Å². The zero-order valence-corrected chi connectivity index (χ0v) is 13.9. The topological polar surface area (TPSA) is 75.4 Å². The van der Waals surface area contributed by atoms with Crippen LogP contribution in [-0.4, -0.2) is 32.2 Å². The minimum atomic E-state index is -1.04. The number of hydrogen-bond acceptors (Lipinski definition) is 3. The van der Waals surface area contributed by atoms with Crippen LogP contribution >= 0.6 is 0 Å². The van der Waals surface area contributed by atoms with Gasteiger partial charge >= 0.3 is 6.09 Å². The molecule has 3 aromatic rings. The number of halogens is 1. The van der Waals surface area contributed by atoms with Gasteiger partial charge in [0.05, 0.1) is 13.1 Å². The second-order valence-corrected chi connectivity index (χ2v) is 6.30. The highest BCUT2D eigenvalue weighted by Crippen LogP contribution is 2.24. The standard InChI is InChI=1S/C19H16FN3O3/c20-13-5-3-12(4-6-13)10-23-17-15(2-1-8-21-17)14-7-9-22(19(25)26)11-16(14)18(23)24/h1-6,8H,7,9-11H2,(H,25,26). The average molecular weight is 353 g/mol. The SMILES string of the molecule is O=C(O)N1CCc2c(c(=O)n(Cc3ccc(F)cc3)c3ncccc23)C1. The van der Waals surface area contributed by atoms with Crippen molar-refractivity contribution >= 4 is 17.1 Å². The van der Waals surface area contributed by atoms with E-state index in [0.717, 1.165) is 16.5 Å².